The van der Waals surface area contributed by atoms with E-state index in [1.807, 2.05) is 36.4 Å². The van der Waals surface area contributed by atoms with Crippen LogP contribution in [0.5, 0.6) is 0 Å². The molecule has 0 saturated carbocycles. The molecular formula is C20H17N5O3. The third-order valence-corrected chi connectivity index (χ3v) is 4.75. The number of nitrogens with one attached hydrogen (secondary N) is 1. The van der Waals surface area contributed by atoms with Crippen molar-refractivity contribution >= 4 is 17.1 Å². The second-order valence-electron chi connectivity index (χ2n) is 6.59. The number of fused-ring (bicyclic) bond motifs is 1. The summed E-state index contributed by atoms with van der Waals surface area (Å²) in [5.41, 5.74) is 2.81. The van der Waals surface area contributed by atoms with E-state index in [2.05, 4.69) is 20.4 Å². The average Bonchev–Trinajstić information content (AvgIpc) is 3.35. The van der Waals surface area contributed by atoms with Gasteiger partial charge in [0.2, 0.25) is 0 Å². The second-order valence-corrected chi connectivity index (χ2v) is 6.59. The van der Waals surface area contributed by atoms with Gasteiger partial charge in [0.25, 0.3) is 11.6 Å². The number of oxazole rings is 1. The highest BCUT2D eigenvalue weighted by atomic mass is 16.5. The van der Waals surface area contributed by atoms with Gasteiger partial charge in [-0.15, -0.1) is 0 Å². The molecule has 5 rings (SSSR count). The minimum Gasteiger partial charge on any atom is -0.424 e. The van der Waals surface area contributed by atoms with Gasteiger partial charge in [-0.1, -0.05) is 12.1 Å². The Bertz CT molecular complexity index is 1140. The SMILES string of the molecule is O=c1ccc(-c2cccnc2)nn1C1COCC1Nc1nc2ccccc2o1. The summed E-state index contributed by atoms with van der Waals surface area (Å²) in [5, 5.41) is 7.80. The lowest BCUT2D eigenvalue weighted by atomic mass is 10.1. The summed E-state index contributed by atoms with van der Waals surface area (Å²) >= 11 is 0. The van der Waals surface area contributed by atoms with Gasteiger partial charge in [-0.05, 0) is 30.3 Å². The molecule has 2 atom stereocenters. The van der Waals surface area contributed by atoms with Crippen molar-refractivity contribution in [3.63, 3.8) is 0 Å². The largest absolute Gasteiger partial charge is 0.424 e. The van der Waals surface area contributed by atoms with Crippen molar-refractivity contribution in [1.82, 2.24) is 19.7 Å². The molecule has 8 nitrogen and oxygen atoms in total. The maximum Gasteiger partial charge on any atom is 0.296 e. The highest BCUT2D eigenvalue weighted by molar-refractivity contribution is 5.74. The lowest BCUT2D eigenvalue weighted by molar-refractivity contribution is 0.182. The molecular weight excluding hydrogens is 358 g/mol. The Morgan fingerprint density at radius 2 is 2.00 bits per heavy atom. The summed E-state index contributed by atoms with van der Waals surface area (Å²) < 4.78 is 12.8. The molecule has 28 heavy (non-hydrogen) atoms. The normalized spacial score (nSPS) is 19.1. The van der Waals surface area contributed by atoms with E-state index in [-0.39, 0.29) is 17.6 Å². The van der Waals surface area contributed by atoms with Gasteiger partial charge in [0.1, 0.15) is 11.6 Å². The van der Waals surface area contributed by atoms with Crippen LogP contribution < -0.4 is 10.9 Å². The van der Waals surface area contributed by atoms with Crippen molar-refractivity contribution in [1.29, 1.82) is 0 Å². The van der Waals surface area contributed by atoms with Gasteiger partial charge < -0.3 is 14.5 Å². The number of nitrogens with zero attached hydrogens (tertiary/aromatic N) is 4. The number of para-hydroxylation sites is 2. The second kappa shape index (κ2) is 6.90. The molecule has 3 aromatic heterocycles. The molecule has 4 aromatic rings. The average molecular weight is 375 g/mol. The fraction of sp³-hybridized carbons (Fsp3) is 0.200. The van der Waals surface area contributed by atoms with E-state index < -0.39 is 0 Å². The van der Waals surface area contributed by atoms with Gasteiger partial charge in [0.15, 0.2) is 5.58 Å². The lowest BCUT2D eigenvalue weighted by Gasteiger charge is -2.19. The fourth-order valence-corrected chi connectivity index (χ4v) is 3.35. The Morgan fingerprint density at radius 1 is 1.07 bits per heavy atom. The first-order chi connectivity index (χ1) is 13.8. The first-order valence-corrected chi connectivity index (χ1v) is 8.98. The van der Waals surface area contributed by atoms with E-state index in [0.29, 0.717) is 30.5 Å². The van der Waals surface area contributed by atoms with Crippen LogP contribution in [0.4, 0.5) is 6.01 Å². The molecule has 1 fully saturated rings. The summed E-state index contributed by atoms with van der Waals surface area (Å²) in [4.78, 5) is 21.1. The summed E-state index contributed by atoms with van der Waals surface area (Å²) in [6.45, 7) is 0.802. The Morgan fingerprint density at radius 3 is 2.86 bits per heavy atom. The standard InChI is InChI=1S/C20H17N5O3/c26-19-8-7-14(13-4-3-9-21-10-13)24-25(19)17-12-27-11-16(17)23-20-22-15-5-1-2-6-18(15)28-20/h1-10,16-17H,11-12H2,(H,22,23). The zero-order valence-electron chi connectivity index (χ0n) is 14.9. The summed E-state index contributed by atoms with van der Waals surface area (Å²) in [6, 6.07) is 14.4. The molecule has 0 spiro atoms. The Labute approximate surface area is 159 Å². The Hall–Kier alpha value is -3.52. The molecule has 2 unspecified atom stereocenters. The number of ether oxygens (including phenoxy) is 1. The minimum absolute atomic E-state index is 0.187. The molecule has 1 saturated heterocycles. The van der Waals surface area contributed by atoms with Crippen molar-refractivity contribution < 1.29 is 9.15 Å². The van der Waals surface area contributed by atoms with Crippen LogP contribution in [0.25, 0.3) is 22.4 Å². The first kappa shape index (κ1) is 16.6. The maximum absolute atomic E-state index is 12.5. The smallest absolute Gasteiger partial charge is 0.296 e. The molecule has 8 heteroatoms. The topological polar surface area (TPSA) is 95.1 Å². The van der Waals surface area contributed by atoms with Crippen molar-refractivity contribution in [2.45, 2.75) is 12.1 Å². The molecule has 1 aliphatic heterocycles. The predicted octanol–water partition coefficient (Wildman–Crippen LogP) is 2.50. The monoisotopic (exact) mass is 375 g/mol. The van der Waals surface area contributed by atoms with Gasteiger partial charge in [-0.2, -0.15) is 10.1 Å². The van der Waals surface area contributed by atoms with Crippen LogP contribution in [0.3, 0.4) is 0 Å². The Balaban J connectivity index is 1.45. The molecule has 0 aliphatic carbocycles. The van der Waals surface area contributed by atoms with Crippen LogP contribution in [0, 0.1) is 0 Å². The quantitative estimate of drug-likeness (QED) is 0.585. The number of hydrogen-bond donors (Lipinski definition) is 1. The van der Waals surface area contributed by atoms with Crippen LogP contribution in [0.2, 0.25) is 0 Å². The zero-order valence-corrected chi connectivity index (χ0v) is 14.9. The van der Waals surface area contributed by atoms with Crippen molar-refractivity contribution in [3.8, 4) is 11.3 Å². The number of aromatic nitrogens is 4. The molecule has 0 radical (unpaired) electrons. The third kappa shape index (κ3) is 3.03. The molecule has 1 aromatic carbocycles. The molecule has 1 aliphatic rings. The van der Waals surface area contributed by atoms with E-state index in [9.17, 15) is 4.79 Å². The van der Waals surface area contributed by atoms with Crippen molar-refractivity contribution in [2.24, 2.45) is 0 Å². The number of rotatable bonds is 4. The highest BCUT2D eigenvalue weighted by Gasteiger charge is 2.32. The lowest BCUT2D eigenvalue weighted by Crippen LogP contribution is -2.37. The third-order valence-electron chi connectivity index (χ3n) is 4.75. The minimum atomic E-state index is -0.279. The van der Waals surface area contributed by atoms with E-state index in [1.54, 1.807) is 18.5 Å². The highest BCUT2D eigenvalue weighted by Crippen LogP contribution is 2.25. The van der Waals surface area contributed by atoms with Crippen LogP contribution >= 0.6 is 0 Å². The number of hydrogen-bond acceptors (Lipinski definition) is 7. The number of pyridine rings is 1. The molecule has 140 valence electrons. The number of benzene rings is 1. The molecule has 0 bridgehead atoms. The van der Waals surface area contributed by atoms with E-state index >= 15 is 0 Å². The van der Waals surface area contributed by atoms with E-state index in [4.69, 9.17) is 9.15 Å². The van der Waals surface area contributed by atoms with Crippen LogP contribution in [0.1, 0.15) is 6.04 Å². The van der Waals surface area contributed by atoms with Crippen LogP contribution in [-0.2, 0) is 4.74 Å². The van der Waals surface area contributed by atoms with Gasteiger partial charge in [0.05, 0.1) is 24.9 Å². The summed E-state index contributed by atoms with van der Waals surface area (Å²) in [6.07, 6.45) is 3.42. The molecule has 4 heterocycles. The predicted molar refractivity (Wildman–Crippen MR) is 103 cm³/mol. The molecule has 0 amide bonds. The van der Waals surface area contributed by atoms with Gasteiger partial charge >= 0.3 is 0 Å². The Kier molecular flexibility index (Phi) is 4.10. The zero-order chi connectivity index (χ0) is 18.9. The van der Waals surface area contributed by atoms with Gasteiger partial charge in [0, 0.05) is 24.0 Å². The van der Waals surface area contributed by atoms with Crippen LogP contribution in [0.15, 0.2) is 70.1 Å². The van der Waals surface area contributed by atoms with Gasteiger partial charge in [-0.25, -0.2) is 4.68 Å². The van der Waals surface area contributed by atoms with Gasteiger partial charge in [-0.3, -0.25) is 9.78 Å². The first-order valence-electron chi connectivity index (χ1n) is 8.98. The molecule has 1 N–H and O–H groups in total. The van der Waals surface area contributed by atoms with E-state index in [1.165, 1.54) is 10.7 Å². The maximum atomic E-state index is 12.5. The van der Waals surface area contributed by atoms with E-state index in [0.717, 1.165) is 11.1 Å². The summed E-state index contributed by atoms with van der Waals surface area (Å²) in [5.74, 6) is 0. The number of anilines is 1. The summed E-state index contributed by atoms with van der Waals surface area (Å²) in [7, 11) is 0. The van der Waals surface area contributed by atoms with Crippen molar-refractivity contribution in [3.05, 3.63) is 71.3 Å². The van der Waals surface area contributed by atoms with Crippen molar-refractivity contribution in [2.75, 3.05) is 18.5 Å². The fourth-order valence-electron chi connectivity index (χ4n) is 3.35. The van der Waals surface area contributed by atoms with Crippen LogP contribution in [-0.4, -0.2) is 39.0 Å².